The van der Waals surface area contributed by atoms with Crippen LogP contribution in [0.4, 0.5) is 0 Å². The van der Waals surface area contributed by atoms with E-state index in [9.17, 15) is 53.1 Å². The van der Waals surface area contributed by atoms with Crippen LogP contribution >= 0.6 is 0 Å². The Bertz CT molecular complexity index is 2500. The number of benzene rings is 1. The highest BCUT2D eigenvalue weighted by Crippen LogP contribution is 2.25. The average molecular weight is 1220 g/mol. The largest absolute Gasteiger partial charge is 0.491 e. The average Bonchev–Trinajstić information content (AvgIpc) is 2.48. The van der Waals surface area contributed by atoms with Gasteiger partial charge in [-0.3, -0.25) is 53.0 Å². The number of nitrogens with one attached hydrogen (secondary N) is 4. The van der Waals surface area contributed by atoms with Gasteiger partial charge in [0, 0.05) is 71.2 Å². The molecule has 1 aliphatic heterocycles. The number of carbonyl (C=O) groups excluding carboxylic acids is 10. The van der Waals surface area contributed by atoms with Gasteiger partial charge in [0.1, 0.15) is 54.4 Å². The van der Waals surface area contributed by atoms with Gasteiger partial charge in [-0.05, 0) is 86.8 Å². The fraction of sp³-hybridized carbons (Fsp3) is 0.727. The van der Waals surface area contributed by atoms with E-state index in [2.05, 4.69) is 21.4 Å². The van der Waals surface area contributed by atoms with Gasteiger partial charge in [-0.15, -0.1) is 0 Å². The standard InChI is InChI=1S/C66H111N9O12/c1-22-49(67-61(81)56(58(78)45(16)28-24-23-25-32-53(76)39(4)5)74(21)66(86)55(41(8)9)73(20)65(85)52(34-38(2)3)72(19)62(82)44(14)15)63(83)71(18)46(17)37-87-48-30-26-29-47(35-48)36-51(68-60(80)54(40(6)7)69-59(79)43(12)13)64(84)75-33-27-31-50(70-75)57(77)42(10)11/h23-24,26,29-30,35,38-46,49-52,54-56,58,70,78H,22,25,27-28,31-34,36-37H2,1-21H3,(H,67,81)(H,68,80)(H,69,79)/b24-23+. The second kappa shape index (κ2) is 36.3. The van der Waals surface area contributed by atoms with E-state index in [1.54, 1.807) is 128 Å². The number of hydrogen-bond donors (Lipinski definition) is 5. The van der Waals surface area contributed by atoms with Gasteiger partial charge in [0.05, 0.1) is 18.2 Å². The Morgan fingerprint density at radius 3 is 1.82 bits per heavy atom. The molecule has 492 valence electrons. The second-order valence-corrected chi connectivity index (χ2v) is 26.4. The maximum Gasteiger partial charge on any atom is 0.259 e. The number of carbonyl (C=O) groups is 10. The quantitative estimate of drug-likeness (QED) is 0.0479. The van der Waals surface area contributed by atoms with Crippen molar-refractivity contribution < 1.29 is 57.8 Å². The summed E-state index contributed by atoms with van der Waals surface area (Å²) < 4.78 is 6.27. The normalized spacial score (nSPS) is 16.9. The van der Waals surface area contributed by atoms with Gasteiger partial charge in [-0.25, -0.2) is 5.43 Å². The molecule has 1 aromatic rings. The van der Waals surface area contributed by atoms with E-state index in [4.69, 9.17) is 4.74 Å². The molecule has 0 aromatic heterocycles. The summed E-state index contributed by atoms with van der Waals surface area (Å²) in [6, 6.07) is -0.908. The second-order valence-electron chi connectivity index (χ2n) is 26.4. The summed E-state index contributed by atoms with van der Waals surface area (Å²) in [6.45, 7) is 30.8. The molecule has 87 heavy (non-hydrogen) atoms. The maximum absolute atomic E-state index is 15.0. The van der Waals surface area contributed by atoms with Crippen LogP contribution in [-0.2, 0) is 54.4 Å². The van der Waals surface area contributed by atoms with E-state index >= 15 is 0 Å². The minimum Gasteiger partial charge on any atom is -0.491 e. The summed E-state index contributed by atoms with van der Waals surface area (Å²) in [7, 11) is 6.07. The smallest absolute Gasteiger partial charge is 0.259 e. The summed E-state index contributed by atoms with van der Waals surface area (Å²) in [5.74, 6) is -5.93. The third-order valence-corrected chi connectivity index (χ3v) is 16.4. The Morgan fingerprint density at radius 1 is 0.667 bits per heavy atom. The zero-order valence-corrected chi connectivity index (χ0v) is 56.5. The van der Waals surface area contributed by atoms with E-state index in [-0.39, 0.29) is 84.8 Å². The number of ketones is 2. The van der Waals surface area contributed by atoms with Crippen molar-refractivity contribution in [1.82, 2.24) is 46.0 Å². The summed E-state index contributed by atoms with van der Waals surface area (Å²) >= 11 is 0. The van der Waals surface area contributed by atoms with Gasteiger partial charge >= 0.3 is 0 Å². The Kier molecular flexibility index (Phi) is 32.1. The first-order chi connectivity index (χ1) is 40.5. The molecule has 0 bridgehead atoms. The molecular formula is C66H111N9O12. The van der Waals surface area contributed by atoms with Crippen LogP contribution in [0.15, 0.2) is 36.4 Å². The van der Waals surface area contributed by atoms with Crippen molar-refractivity contribution in [2.75, 3.05) is 41.3 Å². The van der Waals surface area contributed by atoms with Crippen LogP contribution < -0.4 is 26.1 Å². The number of hydrogen-bond acceptors (Lipinski definition) is 13. The number of aliphatic hydroxyl groups excluding tert-OH is 1. The molecule has 0 saturated carbocycles. The zero-order valence-electron chi connectivity index (χ0n) is 56.5. The van der Waals surface area contributed by atoms with Crippen LogP contribution in [-0.4, -0.2) is 184 Å². The monoisotopic (exact) mass is 1220 g/mol. The van der Waals surface area contributed by atoms with E-state index in [1.165, 1.54) is 33.8 Å². The summed E-state index contributed by atoms with van der Waals surface area (Å²) in [6.07, 6.45) is 4.95. The molecule has 1 aliphatic rings. The first kappa shape index (κ1) is 76.9. The van der Waals surface area contributed by atoms with Crippen LogP contribution in [0.25, 0.3) is 0 Å². The molecule has 5 N–H and O–H groups in total. The van der Waals surface area contributed by atoms with E-state index < -0.39 is 102 Å². The molecule has 21 nitrogen and oxygen atoms in total. The minimum absolute atomic E-state index is 0.0126. The van der Waals surface area contributed by atoms with Gasteiger partial charge < -0.3 is 45.4 Å². The molecule has 10 unspecified atom stereocenters. The molecule has 0 radical (unpaired) electrons. The van der Waals surface area contributed by atoms with Crippen molar-refractivity contribution in [1.29, 1.82) is 0 Å². The number of likely N-dealkylation sites (N-methyl/N-ethyl adjacent to an activating group) is 4. The maximum atomic E-state index is 15.0. The number of Topliss-reactive ketones (excluding diaryl/α,β-unsaturated/α-hetero) is 2. The molecule has 0 spiro atoms. The lowest BCUT2D eigenvalue weighted by molar-refractivity contribution is -0.156. The van der Waals surface area contributed by atoms with Crippen LogP contribution in [0.3, 0.4) is 0 Å². The fourth-order valence-corrected chi connectivity index (χ4v) is 10.4. The molecule has 0 aliphatic carbocycles. The van der Waals surface area contributed by atoms with Crippen molar-refractivity contribution >= 4 is 58.8 Å². The summed E-state index contributed by atoms with van der Waals surface area (Å²) in [5, 5.41) is 22.2. The Balaban J connectivity index is 2.49. The van der Waals surface area contributed by atoms with E-state index in [0.29, 0.717) is 50.0 Å². The minimum atomic E-state index is -1.54. The molecule has 2 rings (SSSR count). The predicted molar refractivity (Wildman–Crippen MR) is 338 cm³/mol. The number of amides is 8. The van der Waals surface area contributed by atoms with Gasteiger partial charge in [0.2, 0.25) is 41.4 Å². The summed E-state index contributed by atoms with van der Waals surface area (Å²) in [4.78, 5) is 144. The molecule has 1 saturated heterocycles. The van der Waals surface area contributed by atoms with E-state index in [0.717, 1.165) is 4.90 Å². The molecule has 21 heteroatoms. The molecule has 10 atom stereocenters. The summed E-state index contributed by atoms with van der Waals surface area (Å²) in [5.41, 5.74) is 3.73. The highest BCUT2D eigenvalue weighted by Gasteiger charge is 2.44. The Hall–Kier alpha value is -6.22. The van der Waals surface area contributed by atoms with Crippen LogP contribution in [0, 0.1) is 47.3 Å². The van der Waals surface area contributed by atoms with Gasteiger partial charge in [0.25, 0.3) is 5.91 Å². The van der Waals surface area contributed by atoms with E-state index in [1.807, 2.05) is 39.8 Å². The Labute approximate surface area is 520 Å². The number of allylic oxidation sites excluding steroid dienone is 2. The predicted octanol–water partition coefficient (Wildman–Crippen LogP) is 6.14. The van der Waals surface area contributed by atoms with Gasteiger partial charge in [0.15, 0.2) is 5.78 Å². The third-order valence-electron chi connectivity index (χ3n) is 16.4. The van der Waals surface area contributed by atoms with Crippen molar-refractivity contribution in [3.05, 3.63) is 42.0 Å². The number of rotatable bonds is 35. The van der Waals surface area contributed by atoms with Crippen molar-refractivity contribution in [2.45, 2.75) is 224 Å². The molecule has 1 heterocycles. The lowest BCUT2D eigenvalue weighted by Gasteiger charge is -2.41. The molecule has 1 aromatic carbocycles. The number of ether oxygens (including phenoxy) is 1. The highest BCUT2D eigenvalue weighted by molar-refractivity contribution is 5.96. The lowest BCUT2D eigenvalue weighted by atomic mass is 9.91. The lowest BCUT2D eigenvalue weighted by Crippen LogP contribution is -2.63. The first-order valence-electron chi connectivity index (χ1n) is 31.7. The SMILES string of the molecule is CCC(NC(=O)C(C(O)C(C)C/C=C/CCC(=O)C(C)C)N(C)C(=O)C(C(C)C)N(C)C(=O)C(CC(C)C)N(C)C(=O)C(C)C)C(=O)N(C)C(C)COc1cccc(CC(NC(=O)C(NC(=O)C(C)C)C(C)C)C(=O)N2CCCC(C(=O)C(C)C)N2)c1. The van der Waals surface area contributed by atoms with Crippen molar-refractivity contribution in [3.8, 4) is 5.75 Å². The van der Waals surface area contributed by atoms with Crippen LogP contribution in [0.2, 0.25) is 0 Å². The zero-order chi connectivity index (χ0) is 66.5. The third kappa shape index (κ3) is 23.0. The number of hydrazine groups is 1. The highest BCUT2D eigenvalue weighted by atomic mass is 16.5. The number of nitrogens with zero attached hydrogens (tertiary/aromatic N) is 5. The Morgan fingerprint density at radius 2 is 1.28 bits per heavy atom. The first-order valence-corrected chi connectivity index (χ1v) is 31.7. The molecular weight excluding hydrogens is 1110 g/mol. The van der Waals surface area contributed by atoms with Gasteiger partial charge in [-0.1, -0.05) is 135 Å². The van der Waals surface area contributed by atoms with Crippen molar-refractivity contribution in [2.24, 2.45) is 47.3 Å². The van der Waals surface area contributed by atoms with Crippen LogP contribution in [0.5, 0.6) is 5.75 Å². The van der Waals surface area contributed by atoms with Gasteiger partial charge in [-0.2, -0.15) is 0 Å². The van der Waals surface area contributed by atoms with Crippen molar-refractivity contribution in [3.63, 3.8) is 0 Å². The van der Waals surface area contributed by atoms with Crippen LogP contribution in [0.1, 0.15) is 168 Å². The number of aliphatic hydroxyl groups is 1. The topological polar surface area (TPSA) is 264 Å². The fourth-order valence-electron chi connectivity index (χ4n) is 10.4. The molecule has 1 fully saturated rings. The molecule has 8 amide bonds.